The summed E-state index contributed by atoms with van der Waals surface area (Å²) in [6.07, 6.45) is 2.19. The van der Waals surface area contributed by atoms with E-state index in [0.29, 0.717) is 30.8 Å². The van der Waals surface area contributed by atoms with Crippen LogP contribution >= 0.6 is 0 Å². The lowest BCUT2D eigenvalue weighted by Crippen LogP contribution is -2.28. The number of rotatable bonds is 8. The summed E-state index contributed by atoms with van der Waals surface area (Å²) in [6.45, 7) is 0.542. The van der Waals surface area contributed by atoms with Gasteiger partial charge in [-0.3, -0.25) is 0 Å². The fraction of sp³-hybridized carbons (Fsp3) is 0.538. The number of unbranched alkanes of at least 4 members (excludes halogenated alkanes) is 2. The maximum absolute atomic E-state index is 12.4. The van der Waals surface area contributed by atoms with Gasteiger partial charge in [-0.2, -0.15) is 0 Å². The van der Waals surface area contributed by atoms with Crippen molar-refractivity contribution in [1.29, 1.82) is 0 Å². The van der Waals surface area contributed by atoms with Gasteiger partial charge in [0, 0.05) is 26.3 Å². The smallest absolute Gasteiger partial charge is 0.242 e. The second-order valence-electron chi connectivity index (χ2n) is 4.51. The fourth-order valence-electron chi connectivity index (χ4n) is 1.78. The minimum atomic E-state index is -3.54. The van der Waals surface area contributed by atoms with E-state index in [-0.39, 0.29) is 11.5 Å². The molecule has 1 rings (SSSR count). The van der Waals surface area contributed by atoms with Gasteiger partial charge in [0.05, 0.1) is 17.7 Å². The summed E-state index contributed by atoms with van der Waals surface area (Å²) >= 11 is 0. The average molecular weight is 302 g/mol. The first-order valence-electron chi connectivity index (χ1n) is 6.44. The second kappa shape index (κ2) is 7.47. The number of benzene rings is 1. The number of aliphatic hydroxyl groups excluding tert-OH is 1. The summed E-state index contributed by atoms with van der Waals surface area (Å²) in [7, 11) is -0.556. The van der Waals surface area contributed by atoms with E-state index in [1.165, 1.54) is 36.7 Å². The van der Waals surface area contributed by atoms with Crippen molar-refractivity contribution in [2.75, 3.05) is 33.0 Å². The molecule has 0 aliphatic carbocycles. The van der Waals surface area contributed by atoms with Crippen LogP contribution in [0.3, 0.4) is 0 Å². The first kappa shape index (κ1) is 16.7. The Kier molecular flexibility index (Phi) is 6.25. The van der Waals surface area contributed by atoms with E-state index < -0.39 is 10.0 Å². The normalized spacial score (nSPS) is 11.8. The SMILES string of the molecule is COc1cc(S(=O)(=O)N(C)CCCCCO)ccc1N. The van der Waals surface area contributed by atoms with Gasteiger partial charge in [0.1, 0.15) is 5.75 Å². The van der Waals surface area contributed by atoms with Crippen LogP contribution in [0.4, 0.5) is 5.69 Å². The van der Waals surface area contributed by atoms with Crippen molar-refractivity contribution in [2.45, 2.75) is 24.2 Å². The van der Waals surface area contributed by atoms with Crippen molar-refractivity contribution in [1.82, 2.24) is 4.31 Å². The van der Waals surface area contributed by atoms with E-state index in [0.717, 1.165) is 6.42 Å². The number of sulfonamides is 1. The van der Waals surface area contributed by atoms with Gasteiger partial charge in [-0.05, 0) is 31.4 Å². The van der Waals surface area contributed by atoms with Gasteiger partial charge >= 0.3 is 0 Å². The molecule has 0 aliphatic rings. The first-order valence-corrected chi connectivity index (χ1v) is 7.88. The van der Waals surface area contributed by atoms with Gasteiger partial charge in [-0.15, -0.1) is 0 Å². The molecule has 0 unspecified atom stereocenters. The van der Waals surface area contributed by atoms with E-state index >= 15 is 0 Å². The number of methoxy groups -OCH3 is 1. The summed E-state index contributed by atoms with van der Waals surface area (Å²) < 4.78 is 31.0. The quantitative estimate of drug-likeness (QED) is 0.553. The van der Waals surface area contributed by atoms with Crippen LogP contribution in [0.5, 0.6) is 5.75 Å². The van der Waals surface area contributed by atoms with E-state index in [1.807, 2.05) is 0 Å². The lowest BCUT2D eigenvalue weighted by molar-refractivity contribution is 0.281. The molecule has 6 nitrogen and oxygen atoms in total. The largest absolute Gasteiger partial charge is 0.495 e. The van der Waals surface area contributed by atoms with Crippen LogP contribution in [0.1, 0.15) is 19.3 Å². The molecular weight excluding hydrogens is 280 g/mol. The molecule has 0 radical (unpaired) electrons. The molecule has 114 valence electrons. The highest BCUT2D eigenvalue weighted by Gasteiger charge is 2.21. The molecule has 0 atom stereocenters. The van der Waals surface area contributed by atoms with Gasteiger partial charge in [0.2, 0.25) is 10.0 Å². The van der Waals surface area contributed by atoms with Gasteiger partial charge in [0.15, 0.2) is 0 Å². The van der Waals surface area contributed by atoms with Crippen LogP contribution in [0.25, 0.3) is 0 Å². The number of aliphatic hydroxyl groups is 1. The second-order valence-corrected chi connectivity index (χ2v) is 6.56. The Bertz CT molecular complexity index is 531. The van der Waals surface area contributed by atoms with E-state index in [1.54, 1.807) is 0 Å². The molecule has 0 spiro atoms. The fourth-order valence-corrected chi connectivity index (χ4v) is 3.00. The minimum Gasteiger partial charge on any atom is -0.495 e. The van der Waals surface area contributed by atoms with Crippen LogP contribution in [-0.2, 0) is 10.0 Å². The number of hydrogen-bond acceptors (Lipinski definition) is 5. The zero-order valence-electron chi connectivity index (χ0n) is 11.9. The molecule has 1 aromatic rings. The maximum atomic E-state index is 12.4. The van der Waals surface area contributed by atoms with Crippen LogP contribution < -0.4 is 10.5 Å². The number of nitrogens with two attached hydrogens (primary N) is 1. The summed E-state index contributed by atoms with van der Waals surface area (Å²) in [5.41, 5.74) is 6.08. The monoisotopic (exact) mass is 302 g/mol. The number of ether oxygens (including phenoxy) is 1. The molecule has 0 saturated carbocycles. The van der Waals surface area contributed by atoms with Crippen LogP contribution in [0.2, 0.25) is 0 Å². The lowest BCUT2D eigenvalue weighted by Gasteiger charge is -2.17. The molecule has 0 amide bonds. The molecule has 0 aliphatic heterocycles. The molecule has 0 heterocycles. The Labute approximate surface area is 120 Å². The van der Waals surface area contributed by atoms with Gasteiger partial charge in [-0.25, -0.2) is 12.7 Å². The Hall–Kier alpha value is -1.31. The van der Waals surface area contributed by atoms with Gasteiger partial charge in [0.25, 0.3) is 0 Å². The highest BCUT2D eigenvalue weighted by molar-refractivity contribution is 7.89. The summed E-state index contributed by atoms with van der Waals surface area (Å²) in [6, 6.07) is 4.41. The molecule has 0 aromatic heterocycles. The van der Waals surface area contributed by atoms with E-state index in [4.69, 9.17) is 15.6 Å². The highest BCUT2D eigenvalue weighted by Crippen LogP contribution is 2.26. The van der Waals surface area contributed by atoms with E-state index in [2.05, 4.69) is 0 Å². The molecule has 0 fully saturated rings. The van der Waals surface area contributed by atoms with Crippen LogP contribution in [0, 0.1) is 0 Å². The third-order valence-electron chi connectivity index (χ3n) is 3.04. The molecular formula is C13H22N2O4S. The predicted molar refractivity (Wildman–Crippen MR) is 78.2 cm³/mol. The molecule has 1 aromatic carbocycles. The number of anilines is 1. The summed E-state index contributed by atoms with van der Waals surface area (Å²) in [5, 5.41) is 8.70. The van der Waals surface area contributed by atoms with Crippen LogP contribution in [-0.4, -0.2) is 45.1 Å². The Morgan fingerprint density at radius 2 is 2.00 bits per heavy atom. The molecule has 7 heteroatoms. The highest BCUT2D eigenvalue weighted by atomic mass is 32.2. The standard InChI is InChI=1S/C13H22N2O4S/c1-15(8-4-3-5-9-16)20(17,18)11-6-7-12(14)13(10-11)19-2/h6-7,10,16H,3-5,8-9,14H2,1-2H3. The predicted octanol–water partition coefficient (Wildman–Crippen LogP) is 1.06. The topological polar surface area (TPSA) is 92.9 Å². The molecule has 20 heavy (non-hydrogen) atoms. The molecule has 3 N–H and O–H groups in total. The number of hydrogen-bond donors (Lipinski definition) is 2. The Morgan fingerprint density at radius 3 is 2.60 bits per heavy atom. The summed E-state index contributed by atoms with van der Waals surface area (Å²) in [5.74, 6) is 0.347. The molecule has 0 saturated heterocycles. The molecule has 0 bridgehead atoms. The zero-order chi connectivity index (χ0) is 15.2. The van der Waals surface area contributed by atoms with Crippen molar-refractivity contribution in [3.8, 4) is 5.75 Å². The number of nitrogens with zero attached hydrogens (tertiary/aromatic N) is 1. The Morgan fingerprint density at radius 1 is 1.30 bits per heavy atom. The van der Waals surface area contributed by atoms with Gasteiger partial charge < -0.3 is 15.6 Å². The Balaban J connectivity index is 2.82. The third-order valence-corrected chi connectivity index (χ3v) is 4.90. The number of nitrogen functional groups attached to an aromatic ring is 1. The minimum absolute atomic E-state index is 0.131. The van der Waals surface area contributed by atoms with E-state index in [9.17, 15) is 8.42 Å². The van der Waals surface area contributed by atoms with Crippen LogP contribution in [0.15, 0.2) is 23.1 Å². The summed E-state index contributed by atoms with van der Waals surface area (Å²) in [4.78, 5) is 0.160. The zero-order valence-corrected chi connectivity index (χ0v) is 12.7. The van der Waals surface area contributed by atoms with Crippen molar-refractivity contribution in [3.05, 3.63) is 18.2 Å². The first-order chi connectivity index (χ1) is 9.43. The maximum Gasteiger partial charge on any atom is 0.242 e. The lowest BCUT2D eigenvalue weighted by atomic mass is 10.2. The van der Waals surface area contributed by atoms with Crippen molar-refractivity contribution >= 4 is 15.7 Å². The third kappa shape index (κ3) is 4.09. The average Bonchev–Trinajstić information content (AvgIpc) is 2.43. The van der Waals surface area contributed by atoms with Gasteiger partial charge in [-0.1, -0.05) is 0 Å². The van der Waals surface area contributed by atoms with Crippen molar-refractivity contribution < 1.29 is 18.3 Å². The van der Waals surface area contributed by atoms with Crippen molar-refractivity contribution in [3.63, 3.8) is 0 Å². The van der Waals surface area contributed by atoms with Crippen molar-refractivity contribution in [2.24, 2.45) is 0 Å².